The Morgan fingerprint density at radius 2 is 2.30 bits per heavy atom. The summed E-state index contributed by atoms with van der Waals surface area (Å²) in [6.07, 6.45) is 2.24. The monoisotopic (exact) mass is 314 g/mol. The van der Waals surface area contributed by atoms with E-state index in [1.54, 1.807) is 0 Å². The Hall–Kier alpha value is -2.21. The molecule has 23 heavy (non-hydrogen) atoms. The minimum atomic E-state index is -0.0407. The van der Waals surface area contributed by atoms with E-state index in [-0.39, 0.29) is 5.91 Å². The predicted molar refractivity (Wildman–Crippen MR) is 85.4 cm³/mol. The number of aromatic nitrogens is 2. The Morgan fingerprint density at radius 3 is 3.04 bits per heavy atom. The van der Waals surface area contributed by atoms with Crippen LogP contribution in [0.25, 0.3) is 0 Å². The predicted octanol–water partition coefficient (Wildman–Crippen LogP) is 2.35. The fourth-order valence-corrected chi connectivity index (χ4v) is 3.05. The summed E-state index contributed by atoms with van der Waals surface area (Å²) in [5.41, 5.74) is 2.91. The lowest BCUT2D eigenvalue weighted by Gasteiger charge is -2.23. The van der Waals surface area contributed by atoms with Gasteiger partial charge in [0, 0.05) is 19.5 Å². The summed E-state index contributed by atoms with van der Waals surface area (Å²) in [6, 6.07) is 8.30. The zero-order valence-electron chi connectivity index (χ0n) is 13.6. The zero-order valence-corrected chi connectivity index (χ0v) is 13.6. The summed E-state index contributed by atoms with van der Waals surface area (Å²) in [7, 11) is 0. The molecule has 1 atom stereocenters. The lowest BCUT2D eigenvalue weighted by atomic mass is 10.1. The highest BCUT2D eigenvalue weighted by Gasteiger charge is 2.27. The second-order valence-electron chi connectivity index (χ2n) is 6.02. The second kappa shape index (κ2) is 6.91. The Labute approximate surface area is 135 Å². The maximum atomic E-state index is 11.1. The van der Waals surface area contributed by atoms with Gasteiger partial charge in [0.15, 0.2) is 0 Å². The summed E-state index contributed by atoms with van der Waals surface area (Å²) in [5.74, 6) is 0.798. The Kier molecular flexibility index (Phi) is 4.71. The fraction of sp³-hybridized carbons (Fsp3) is 0.471. The van der Waals surface area contributed by atoms with Crippen LogP contribution in [0.2, 0.25) is 0 Å². The molecule has 1 fully saturated rings. The first-order chi connectivity index (χ1) is 11.1. The molecule has 0 unspecified atom stereocenters. The van der Waals surface area contributed by atoms with Crippen molar-refractivity contribution in [1.82, 2.24) is 20.4 Å². The number of hydrogen-bond donors (Lipinski definition) is 1. The van der Waals surface area contributed by atoms with Crippen LogP contribution in [0.1, 0.15) is 48.6 Å². The first kappa shape index (κ1) is 15.7. The Balaban J connectivity index is 1.71. The molecule has 122 valence electrons. The third-order valence-electron chi connectivity index (χ3n) is 4.09. The summed E-state index contributed by atoms with van der Waals surface area (Å²) >= 11 is 0. The topological polar surface area (TPSA) is 71.3 Å². The SMILES string of the molecule is CC(=O)NCc1cccc([C@H]2CCCN2Cc2cc(C)on2)n1. The summed E-state index contributed by atoms with van der Waals surface area (Å²) in [5, 5.41) is 6.89. The molecule has 3 heterocycles. The molecule has 0 spiro atoms. The molecule has 2 aromatic heterocycles. The standard InChI is InChI=1S/C17H22N4O2/c1-12-9-15(20-23-12)11-21-8-4-7-17(21)16-6-3-5-14(19-16)10-18-13(2)22/h3,5-6,9,17H,4,7-8,10-11H2,1-2H3,(H,18,22)/t17-/m1/s1. The maximum Gasteiger partial charge on any atom is 0.217 e. The van der Waals surface area contributed by atoms with Gasteiger partial charge in [-0.25, -0.2) is 0 Å². The third kappa shape index (κ3) is 3.96. The summed E-state index contributed by atoms with van der Waals surface area (Å²) < 4.78 is 5.16. The highest BCUT2D eigenvalue weighted by molar-refractivity contribution is 5.72. The van der Waals surface area contributed by atoms with Gasteiger partial charge in [-0.1, -0.05) is 11.2 Å². The number of nitrogens with zero attached hydrogens (tertiary/aromatic N) is 3. The molecule has 6 nitrogen and oxygen atoms in total. The molecule has 1 N–H and O–H groups in total. The van der Waals surface area contributed by atoms with E-state index in [1.165, 1.54) is 6.92 Å². The quantitative estimate of drug-likeness (QED) is 0.917. The first-order valence-corrected chi connectivity index (χ1v) is 7.98. The van der Waals surface area contributed by atoms with Crippen LogP contribution in [0.3, 0.4) is 0 Å². The largest absolute Gasteiger partial charge is 0.361 e. The van der Waals surface area contributed by atoms with Gasteiger partial charge in [0.05, 0.1) is 29.7 Å². The van der Waals surface area contributed by atoms with Gasteiger partial charge in [-0.05, 0) is 38.4 Å². The van der Waals surface area contributed by atoms with Crippen molar-refractivity contribution in [2.24, 2.45) is 0 Å². The van der Waals surface area contributed by atoms with E-state index in [0.717, 1.165) is 48.8 Å². The number of pyridine rings is 1. The van der Waals surface area contributed by atoms with Crippen molar-refractivity contribution in [2.75, 3.05) is 6.54 Å². The van der Waals surface area contributed by atoms with Crippen LogP contribution in [0.4, 0.5) is 0 Å². The number of amides is 1. The van der Waals surface area contributed by atoms with Crippen LogP contribution >= 0.6 is 0 Å². The minimum absolute atomic E-state index is 0.0407. The number of carbonyl (C=O) groups excluding carboxylic acids is 1. The van der Waals surface area contributed by atoms with Crippen molar-refractivity contribution in [3.8, 4) is 0 Å². The zero-order chi connectivity index (χ0) is 16.2. The number of aryl methyl sites for hydroxylation is 1. The molecule has 1 aliphatic heterocycles. The molecule has 1 saturated heterocycles. The van der Waals surface area contributed by atoms with Crippen molar-refractivity contribution in [3.63, 3.8) is 0 Å². The van der Waals surface area contributed by atoms with E-state index < -0.39 is 0 Å². The summed E-state index contributed by atoms with van der Waals surface area (Å²) in [6.45, 7) is 5.71. The van der Waals surface area contributed by atoms with Gasteiger partial charge in [-0.2, -0.15) is 0 Å². The Bertz CT molecular complexity index is 683. The number of carbonyl (C=O) groups is 1. The number of rotatable bonds is 5. The van der Waals surface area contributed by atoms with E-state index in [1.807, 2.05) is 25.1 Å². The third-order valence-corrected chi connectivity index (χ3v) is 4.09. The van der Waals surface area contributed by atoms with Gasteiger partial charge in [0.2, 0.25) is 5.91 Å². The highest BCUT2D eigenvalue weighted by atomic mass is 16.5. The van der Waals surface area contributed by atoms with E-state index in [9.17, 15) is 4.79 Å². The van der Waals surface area contributed by atoms with Gasteiger partial charge >= 0.3 is 0 Å². The molecule has 3 rings (SSSR count). The second-order valence-corrected chi connectivity index (χ2v) is 6.02. The molecule has 0 bridgehead atoms. The lowest BCUT2D eigenvalue weighted by molar-refractivity contribution is -0.119. The molecule has 0 aromatic carbocycles. The van der Waals surface area contributed by atoms with Crippen LogP contribution in [0.15, 0.2) is 28.8 Å². The number of likely N-dealkylation sites (tertiary alicyclic amines) is 1. The smallest absolute Gasteiger partial charge is 0.217 e. The van der Waals surface area contributed by atoms with Crippen molar-refractivity contribution in [2.45, 2.75) is 45.8 Å². The molecule has 0 radical (unpaired) electrons. The van der Waals surface area contributed by atoms with Crippen LogP contribution < -0.4 is 5.32 Å². The number of nitrogens with one attached hydrogen (secondary N) is 1. The van der Waals surface area contributed by atoms with Crippen molar-refractivity contribution in [3.05, 3.63) is 47.1 Å². The molecule has 1 aliphatic rings. The molecule has 0 aliphatic carbocycles. The van der Waals surface area contributed by atoms with E-state index in [4.69, 9.17) is 9.51 Å². The number of hydrogen-bond acceptors (Lipinski definition) is 5. The van der Waals surface area contributed by atoms with Crippen LogP contribution in [0, 0.1) is 6.92 Å². The van der Waals surface area contributed by atoms with Gasteiger partial charge in [0.1, 0.15) is 5.76 Å². The molecule has 0 saturated carbocycles. The minimum Gasteiger partial charge on any atom is -0.361 e. The van der Waals surface area contributed by atoms with Crippen molar-refractivity contribution in [1.29, 1.82) is 0 Å². The van der Waals surface area contributed by atoms with Gasteiger partial charge in [0.25, 0.3) is 0 Å². The molecular weight excluding hydrogens is 292 g/mol. The van der Waals surface area contributed by atoms with Crippen molar-refractivity contribution < 1.29 is 9.32 Å². The Morgan fingerprint density at radius 1 is 1.43 bits per heavy atom. The van der Waals surface area contributed by atoms with Gasteiger partial charge < -0.3 is 9.84 Å². The normalized spacial score (nSPS) is 18.3. The lowest BCUT2D eigenvalue weighted by Crippen LogP contribution is -2.24. The first-order valence-electron chi connectivity index (χ1n) is 7.98. The maximum absolute atomic E-state index is 11.1. The van der Waals surface area contributed by atoms with Crippen LogP contribution in [-0.4, -0.2) is 27.5 Å². The van der Waals surface area contributed by atoms with Gasteiger partial charge in [-0.3, -0.25) is 14.7 Å². The highest BCUT2D eigenvalue weighted by Crippen LogP contribution is 2.32. The average Bonchev–Trinajstić information content (AvgIpc) is 3.15. The molecule has 2 aromatic rings. The van der Waals surface area contributed by atoms with Gasteiger partial charge in [-0.15, -0.1) is 0 Å². The molecular formula is C17H22N4O2. The molecule has 6 heteroatoms. The van der Waals surface area contributed by atoms with E-state index in [0.29, 0.717) is 12.6 Å². The molecule has 1 amide bonds. The van der Waals surface area contributed by atoms with Crippen LogP contribution in [-0.2, 0) is 17.9 Å². The fourth-order valence-electron chi connectivity index (χ4n) is 3.05. The van der Waals surface area contributed by atoms with E-state index >= 15 is 0 Å². The van der Waals surface area contributed by atoms with E-state index in [2.05, 4.69) is 21.4 Å². The van der Waals surface area contributed by atoms with Crippen molar-refractivity contribution >= 4 is 5.91 Å². The average molecular weight is 314 g/mol. The summed E-state index contributed by atoms with van der Waals surface area (Å²) in [4.78, 5) is 18.2. The van der Waals surface area contributed by atoms with Crippen LogP contribution in [0.5, 0.6) is 0 Å².